The van der Waals surface area contributed by atoms with Crippen LogP contribution in [0.1, 0.15) is 10.4 Å². The summed E-state index contributed by atoms with van der Waals surface area (Å²) in [5, 5.41) is 0.450. The standard InChI is InChI=1S/C12H7Cl2NO5/c13-9(14)12(18)19-6-2-1-5-3-7(10(15)16)11(17)20-8(5)4-6/h1-4,9H,(H2,15,16). The Labute approximate surface area is 122 Å². The Bertz CT molecular complexity index is 753. The number of fused-ring (bicyclic) bond motifs is 1. The van der Waals surface area contributed by atoms with E-state index >= 15 is 0 Å². The number of halogens is 2. The van der Waals surface area contributed by atoms with Gasteiger partial charge in [0.15, 0.2) is 0 Å². The first-order chi connectivity index (χ1) is 9.38. The van der Waals surface area contributed by atoms with E-state index in [4.69, 9.17) is 38.1 Å². The smallest absolute Gasteiger partial charge is 0.349 e. The van der Waals surface area contributed by atoms with Gasteiger partial charge < -0.3 is 14.9 Å². The van der Waals surface area contributed by atoms with E-state index in [2.05, 4.69) is 0 Å². The summed E-state index contributed by atoms with van der Waals surface area (Å²) in [5.41, 5.74) is 4.03. The second-order valence-corrected chi connectivity index (χ2v) is 4.83. The van der Waals surface area contributed by atoms with Crippen LogP contribution in [0.5, 0.6) is 5.75 Å². The van der Waals surface area contributed by atoms with Crippen molar-refractivity contribution in [2.45, 2.75) is 4.84 Å². The molecular weight excluding hydrogens is 309 g/mol. The summed E-state index contributed by atoms with van der Waals surface area (Å²) in [6, 6.07) is 5.52. The molecule has 0 aliphatic heterocycles. The van der Waals surface area contributed by atoms with Crippen molar-refractivity contribution in [1.29, 1.82) is 0 Å². The zero-order valence-electron chi connectivity index (χ0n) is 9.76. The Morgan fingerprint density at radius 2 is 1.95 bits per heavy atom. The number of carbonyl (C=O) groups is 2. The van der Waals surface area contributed by atoms with Crippen molar-refractivity contribution in [3.63, 3.8) is 0 Å². The summed E-state index contributed by atoms with van der Waals surface area (Å²) in [4.78, 5) is 32.4. The Morgan fingerprint density at radius 3 is 2.55 bits per heavy atom. The molecule has 2 aromatic rings. The van der Waals surface area contributed by atoms with Crippen LogP contribution in [0.2, 0.25) is 0 Å². The molecular formula is C12H7Cl2NO5. The van der Waals surface area contributed by atoms with Gasteiger partial charge in [0.2, 0.25) is 4.84 Å². The van der Waals surface area contributed by atoms with E-state index in [0.717, 1.165) is 0 Å². The summed E-state index contributed by atoms with van der Waals surface area (Å²) < 4.78 is 9.77. The predicted molar refractivity (Wildman–Crippen MR) is 72.1 cm³/mol. The molecule has 1 heterocycles. The van der Waals surface area contributed by atoms with E-state index in [1.165, 1.54) is 24.3 Å². The molecule has 0 fully saturated rings. The van der Waals surface area contributed by atoms with Crippen molar-refractivity contribution < 1.29 is 18.7 Å². The van der Waals surface area contributed by atoms with Crippen molar-refractivity contribution in [2.24, 2.45) is 5.73 Å². The van der Waals surface area contributed by atoms with Gasteiger partial charge in [-0.05, 0) is 18.2 Å². The maximum atomic E-state index is 11.5. The fraction of sp³-hybridized carbons (Fsp3) is 0.0833. The van der Waals surface area contributed by atoms with Crippen molar-refractivity contribution in [2.75, 3.05) is 0 Å². The summed E-state index contributed by atoms with van der Waals surface area (Å²) in [6.45, 7) is 0. The van der Waals surface area contributed by atoms with E-state index < -0.39 is 22.3 Å². The first-order valence-corrected chi connectivity index (χ1v) is 6.13. The lowest BCUT2D eigenvalue weighted by Gasteiger charge is -2.05. The third-order valence-corrected chi connectivity index (χ3v) is 2.73. The van der Waals surface area contributed by atoms with Crippen LogP contribution in [-0.4, -0.2) is 16.7 Å². The number of ether oxygens (including phenoxy) is 1. The number of esters is 1. The number of alkyl halides is 2. The number of rotatable bonds is 3. The first kappa shape index (κ1) is 14.4. The number of hydrogen-bond acceptors (Lipinski definition) is 5. The normalized spacial score (nSPS) is 10.8. The summed E-state index contributed by atoms with van der Waals surface area (Å²) >= 11 is 10.7. The fourth-order valence-electron chi connectivity index (χ4n) is 1.49. The average molecular weight is 316 g/mol. The van der Waals surface area contributed by atoms with E-state index in [-0.39, 0.29) is 16.9 Å². The van der Waals surface area contributed by atoms with Crippen LogP contribution in [0, 0.1) is 0 Å². The Balaban J connectivity index is 2.45. The molecule has 0 unspecified atom stereocenters. The molecule has 0 aliphatic carbocycles. The average Bonchev–Trinajstić information content (AvgIpc) is 2.37. The number of primary amides is 1. The molecule has 0 saturated carbocycles. The third kappa shape index (κ3) is 2.92. The summed E-state index contributed by atoms with van der Waals surface area (Å²) in [6.07, 6.45) is 0. The number of carbonyl (C=O) groups excluding carboxylic acids is 2. The Kier molecular flexibility index (Phi) is 3.96. The van der Waals surface area contributed by atoms with E-state index in [1.807, 2.05) is 0 Å². The molecule has 0 bridgehead atoms. The van der Waals surface area contributed by atoms with Crippen LogP contribution in [0.15, 0.2) is 33.5 Å². The van der Waals surface area contributed by atoms with Crippen molar-refractivity contribution in [1.82, 2.24) is 0 Å². The van der Waals surface area contributed by atoms with Gasteiger partial charge in [0.25, 0.3) is 5.91 Å². The molecule has 6 nitrogen and oxygen atoms in total. The highest BCUT2D eigenvalue weighted by Gasteiger charge is 2.15. The summed E-state index contributed by atoms with van der Waals surface area (Å²) in [5.74, 6) is -1.64. The highest BCUT2D eigenvalue weighted by molar-refractivity contribution is 6.53. The van der Waals surface area contributed by atoms with Crippen LogP contribution in [0.3, 0.4) is 0 Å². The van der Waals surface area contributed by atoms with Crippen LogP contribution in [0.4, 0.5) is 0 Å². The number of amides is 1. The van der Waals surface area contributed by atoms with Crippen LogP contribution in [0.25, 0.3) is 11.0 Å². The molecule has 0 aliphatic rings. The van der Waals surface area contributed by atoms with Gasteiger partial charge in [-0.25, -0.2) is 9.59 Å². The maximum Gasteiger partial charge on any atom is 0.349 e. The van der Waals surface area contributed by atoms with Gasteiger partial charge in [0.05, 0.1) is 0 Å². The lowest BCUT2D eigenvalue weighted by Crippen LogP contribution is -2.20. The molecule has 20 heavy (non-hydrogen) atoms. The number of benzene rings is 1. The highest BCUT2D eigenvalue weighted by atomic mass is 35.5. The molecule has 1 aromatic carbocycles. The number of nitrogens with two attached hydrogens (primary N) is 1. The molecule has 0 atom stereocenters. The maximum absolute atomic E-state index is 11.5. The van der Waals surface area contributed by atoms with Crippen LogP contribution >= 0.6 is 23.2 Å². The minimum Gasteiger partial charge on any atom is -0.424 e. The molecule has 0 saturated heterocycles. The fourth-order valence-corrected chi connectivity index (χ4v) is 1.58. The largest absolute Gasteiger partial charge is 0.424 e. The Hall–Kier alpha value is -2.05. The topological polar surface area (TPSA) is 99.6 Å². The van der Waals surface area contributed by atoms with Gasteiger partial charge in [0.1, 0.15) is 16.9 Å². The van der Waals surface area contributed by atoms with Crippen LogP contribution < -0.4 is 16.1 Å². The first-order valence-electron chi connectivity index (χ1n) is 5.26. The van der Waals surface area contributed by atoms with Crippen molar-refractivity contribution >= 4 is 46.0 Å². The second kappa shape index (κ2) is 5.52. The highest BCUT2D eigenvalue weighted by Crippen LogP contribution is 2.21. The van der Waals surface area contributed by atoms with Gasteiger partial charge in [-0.15, -0.1) is 0 Å². The molecule has 8 heteroatoms. The van der Waals surface area contributed by atoms with E-state index in [0.29, 0.717) is 5.39 Å². The third-order valence-electron chi connectivity index (χ3n) is 2.37. The van der Waals surface area contributed by atoms with Crippen molar-refractivity contribution in [3.8, 4) is 5.75 Å². The quantitative estimate of drug-likeness (QED) is 0.401. The molecule has 2 rings (SSSR count). The van der Waals surface area contributed by atoms with Crippen molar-refractivity contribution in [3.05, 3.63) is 40.2 Å². The molecule has 2 N–H and O–H groups in total. The SMILES string of the molecule is NC(=O)c1cc2ccc(OC(=O)C(Cl)Cl)cc2oc1=O. The van der Waals surface area contributed by atoms with Crippen LogP contribution in [-0.2, 0) is 4.79 Å². The van der Waals surface area contributed by atoms with Gasteiger partial charge >= 0.3 is 11.6 Å². The molecule has 1 amide bonds. The minimum atomic E-state index is -1.32. The van der Waals surface area contributed by atoms with Gasteiger partial charge in [-0.1, -0.05) is 23.2 Å². The lowest BCUT2D eigenvalue weighted by molar-refractivity contribution is -0.132. The minimum absolute atomic E-state index is 0.101. The zero-order valence-corrected chi connectivity index (χ0v) is 11.3. The molecule has 104 valence electrons. The van der Waals surface area contributed by atoms with Gasteiger partial charge in [-0.2, -0.15) is 0 Å². The summed E-state index contributed by atoms with van der Waals surface area (Å²) in [7, 11) is 0. The zero-order chi connectivity index (χ0) is 14.9. The predicted octanol–water partition coefficient (Wildman–Crippen LogP) is 1.60. The molecule has 1 aromatic heterocycles. The molecule has 0 spiro atoms. The van der Waals surface area contributed by atoms with E-state index in [9.17, 15) is 14.4 Å². The monoisotopic (exact) mass is 315 g/mol. The van der Waals surface area contributed by atoms with E-state index in [1.54, 1.807) is 0 Å². The Morgan fingerprint density at radius 1 is 1.25 bits per heavy atom. The number of hydrogen-bond donors (Lipinski definition) is 1. The second-order valence-electron chi connectivity index (χ2n) is 3.73. The van der Waals surface area contributed by atoms with Gasteiger partial charge in [0, 0.05) is 11.5 Å². The molecule has 0 radical (unpaired) electrons. The lowest BCUT2D eigenvalue weighted by atomic mass is 10.2. The van der Waals surface area contributed by atoms with Gasteiger partial charge in [-0.3, -0.25) is 4.79 Å².